The minimum Gasteiger partial charge on any atom is -0.435 e. The molecule has 204 valence electrons. The van der Waals surface area contributed by atoms with Crippen molar-refractivity contribution in [1.29, 1.82) is 0 Å². The Morgan fingerprint density at radius 2 is 1.33 bits per heavy atom. The molecule has 36 heavy (non-hydrogen) atoms. The van der Waals surface area contributed by atoms with Gasteiger partial charge in [-0.15, -0.1) is 0 Å². The molecule has 0 bridgehead atoms. The third kappa shape index (κ3) is 26.6. The zero-order valence-corrected chi connectivity index (χ0v) is 23.5. The summed E-state index contributed by atoms with van der Waals surface area (Å²) in [5, 5.41) is 0. The maximum Gasteiger partial charge on any atom is 0.472 e. The molecule has 0 amide bonds. The number of phosphoric ester groups is 1. The van der Waals surface area contributed by atoms with Crippen LogP contribution in [0.25, 0.3) is 0 Å². The highest BCUT2D eigenvalue weighted by atomic mass is 31.2. The molecule has 0 aliphatic carbocycles. The first-order chi connectivity index (χ1) is 17.2. The lowest BCUT2D eigenvalue weighted by Gasteiger charge is -2.23. The van der Waals surface area contributed by atoms with Crippen LogP contribution >= 0.6 is 7.82 Å². The van der Waals surface area contributed by atoms with Gasteiger partial charge in [0.05, 0.1) is 34.0 Å². The predicted octanol–water partition coefficient (Wildman–Crippen LogP) is 6.80. The first-order valence-corrected chi connectivity index (χ1v) is 14.2. The van der Waals surface area contributed by atoms with Gasteiger partial charge < -0.3 is 14.1 Å². The summed E-state index contributed by atoms with van der Waals surface area (Å²) in [7, 11) is 1.74. The van der Waals surface area contributed by atoms with Crippen molar-refractivity contribution in [1.82, 2.24) is 0 Å². The second-order valence-electron chi connectivity index (χ2n) is 9.07. The third-order valence-electron chi connectivity index (χ3n) is 4.56. The van der Waals surface area contributed by atoms with Crippen molar-refractivity contribution in [2.75, 3.05) is 40.9 Å². The second-order valence-corrected chi connectivity index (χ2v) is 10.5. The van der Waals surface area contributed by atoms with Crippen LogP contribution in [0.4, 0.5) is 0 Å². The quantitative estimate of drug-likeness (QED) is 0.0444. The van der Waals surface area contributed by atoms with Crippen LogP contribution < -0.4 is 0 Å². The Bertz CT molecular complexity index is 790. The fraction of sp³-hybridized carbons (Fsp3) is 0.536. The van der Waals surface area contributed by atoms with Crippen LogP contribution in [-0.2, 0) is 23.1 Å². The molecule has 0 saturated carbocycles. The van der Waals surface area contributed by atoms with Gasteiger partial charge in [-0.3, -0.25) is 13.8 Å². The summed E-state index contributed by atoms with van der Waals surface area (Å²) in [6.07, 6.45) is 30.7. The highest BCUT2D eigenvalue weighted by Crippen LogP contribution is 2.42. The van der Waals surface area contributed by atoms with Gasteiger partial charge in [-0.2, -0.15) is 0 Å². The van der Waals surface area contributed by atoms with E-state index in [0.29, 0.717) is 23.9 Å². The number of hydrogen-bond donors (Lipinski definition) is 1. The Morgan fingerprint density at radius 1 is 0.806 bits per heavy atom. The molecular formula is C28H47NO6P+. The Morgan fingerprint density at radius 3 is 1.86 bits per heavy atom. The molecule has 1 N–H and O–H groups in total. The van der Waals surface area contributed by atoms with E-state index in [4.69, 9.17) is 13.8 Å². The van der Waals surface area contributed by atoms with E-state index in [-0.39, 0.29) is 19.2 Å². The highest BCUT2D eigenvalue weighted by Gasteiger charge is 2.21. The molecular weight excluding hydrogens is 477 g/mol. The number of esters is 1. The first kappa shape index (κ1) is 34.0. The fourth-order valence-corrected chi connectivity index (χ4v) is 3.22. The third-order valence-corrected chi connectivity index (χ3v) is 5.54. The van der Waals surface area contributed by atoms with Crippen molar-refractivity contribution >= 4 is 13.8 Å². The van der Waals surface area contributed by atoms with Crippen molar-refractivity contribution in [2.45, 2.75) is 58.3 Å². The Kier molecular flexibility index (Phi) is 21.0. The van der Waals surface area contributed by atoms with E-state index in [1.807, 2.05) is 21.1 Å². The minimum atomic E-state index is -4.11. The van der Waals surface area contributed by atoms with E-state index in [1.54, 1.807) is 0 Å². The van der Waals surface area contributed by atoms with Crippen molar-refractivity contribution in [2.24, 2.45) is 0 Å². The molecule has 0 aliphatic heterocycles. The lowest BCUT2D eigenvalue weighted by atomic mass is 10.2. The zero-order valence-electron chi connectivity index (χ0n) is 22.6. The van der Waals surface area contributed by atoms with Gasteiger partial charge in [0.1, 0.15) is 13.2 Å². The molecule has 8 heteroatoms. The van der Waals surface area contributed by atoms with E-state index in [9.17, 15) is 14.3 Å². The minimum absolute atomic E-state index is 0.105. The maximum atomic E-state index is 11.7. The van der Waals surface area contributed by atoms with Crippen LogP contribution in [0.15, 0.2) is 73.1 Å². The average Bonchev–Trinajstić information content (AvgIpc) is 2.79. The number of phosphoric acid groups is 1. The average molecular weight is 525 g/mol. The number of likely N-dealkylation sites (N-methyl/N-ethyl adjacent to an activating group) is 1. The molecule has 7 nitrogen and oxygen atoms in total. The molecule has 0 saturated heterocycles. The van der Waals surface area contributed by atoms with Gasteiger partial charge in [-0.1, -0.05) is 67.7 Å². The van der Waals surface area contributed by atoms with Crippen LogP contribution in [0.3, 0.4) is 0 Å². The SMILES string of the molecule is CCC=CCC=CCC=CCC=CCC=CCCCC(=O)OC=CCOP(=O)(O)OCC[N+](C)(C)C. The second kappa shape index (κ2) is 22.2. The van der Waals surface area contributed by atoms with Crippen LogP contribution in [-0.4, -0.2) is 56.2 Å². The summed E-state index contributed by atoms with van der Waals surface area (Å²) in [5.74, 6) is -0.357. The molecule has 0 aromatic rings. The number of quaternary nitrogens is 1. The number of nitrogens with zero attached hydrogens (tertiary/aromatic N) is 1. The number of allylic oxidation sites excluding steroid dienone is 10. The van der Waals surface area contributed by atoms with E-state index in [2.05, 4.69) is 67.7 Å². The lowest BCUT2D eigenvalue weighted by molar-refractivity contribution is -0.870. The molecule has 0 aromatic heterocycles. The monoisotopic (exact) mass is 524 g/mol. The van der Waals surface area contributed by atoms with Gasteiger partial charge in [0, 0.05) is 6.42 Å². The molecule has 0 rings (SSSR count). The summed E-state index contributed by atoms with van der Waals surface area (Å²) >= 11 is 0. The number of unbranched alkanes of at least 4 members (excludes halogenated alkanes) is 1. The summed E-state index contributed by atoms with van der Waals surface area (Å²) in [6.45, 7) is 2.62. The molecule has 0 radical (unpaired) electrons. The van der Waals surface area contributed by atoms with Crippen LogP contribution in [0.1, 0.15) is 58.3 Å². The van der Waals surface area contributed by atoms with Crippen LogP contribution in [0.5, 0.6) is 0 Å². The van der Waals surface area contributed by atoms with E-state index in [0.717, 1.165) is 38.5 Å². The summed E-state index contributed by atoms with van der Waals surface area (Å²) < 4.78 is 27.0. The summed E-state index contributed by atoms with van der Waals surface area (Å²) in [4.78, 5) is 21.3. The van der Waals surface area contributed by atoms with E-state index >= 15 is 0 Å². The molecule has 0 aliphatic rings. The molecule has 0 heterocycles. The highest BCUT2D eigenvalue weighted by molar-refractivity contribution is 7.47. The Hall–Kier alpha value is -2.02. The Balaban J connectivity index is 3.74. The normalized spacial score (nSPS) is 14.9. The van der Waals surface area contributed by atoms with Gasteiger partial charge in [0.2, 0.25) is 0 Å². The Labute approximate surface area is 218 Å². The molecule has 0 spiro atoms. The van der Waals surface area contributed by atoms with Crippen LogP contribution in [0, 0.1) is 0 Å². The predicted molar refractivity (Wildman–Crippen MR) is 148 cm³/mol. The number of ether oxygens (including phenoxy) is 1. The molecule has 0 fully saturated rings. The lowest BCUT2D eigenvalue weighted by Crippen LogP contribution is -2.37. The maximum absolute atomic E-state index is 11.7. The van der Waals surface area contributed by atoms with Gasteiger partial charge in [0.25, 0.3) is 0 Å². The summed E-state index contributed by atoms with van der Waals surface area (Å²) in [6, 6.07) is 0. The van der Waals surface area contributed by atoms with E-state index < -0.39 is 7.82 Å². The fourth-order valence-electron chi connectivity index (χ4n) is 2.56. The number of carbonyl (C=O) groups excluding carboxylic acids is 1. The molecule has 1 unspecified atom stereocenters. The number of hydrogen-bond acceptors (Lipinski definition) is 5. The largest absolute Gasteiger partial charge is 0.472 e. The number of rotatable bonds is 21. The number of carbonyl (C=O) groups is 1. The van der Waals surface area contributed by atoms with Crippen molar-refractivity contribution in [3.8, 4) is 0 Å². The topological polar surface area (TPSA) is 82.1 Å². The van der Waals surface area contributed by atoms with Crippen molar-refractivity contribution < 1.29 is 32.5 Å². The standard InChI is InChI=1S/C28H46NO6P/c1-5-6-7-8-9-10-11-12-13-14-15-16-17-18-19-20-21-23-28(30)33-25-22-26-34-36(31,32)35-27-24-29(2,3)4/h6-7,9-10,12-13,15-16,18-19,22,25H,5,8,11,14,17,20-21,23-24,26-27H2,1-4H3/p+1. The molecule has 1 atom stereocenters. The van der Waals surface area contributed by atoms with Crippen molar-refractivity contribution in [3.05, 3.63) is 73.1 Å². The summed E-state index contributed by atoms with van der Waals surface area (Å²) in [5.41, 5.74) is 0. The molecule has 0 aromatic carbocycles. The first-order valence-electron chi connectivity index (χ1n) is 12.7. The smallest absolute Gasteiger partial charge is 0.435 e. The van der Waals surface area contributed by atoms with Gasteiger partial charge in [-0.05, 0) is 51.0 Å². The van der Waals surface area contributed by atoms with Gasteiger partial charge in [-0.25, -0.2) is 4.57 Å². The van der Waals surface area contributed by atoms with Crippen molar-refractivity contribution in [3.63, 3.8) is 0 Å². The van der Waals surface area contributed by atoms with E-state index in [1.165, 1.54) is 12.3 Å². The zero-order chi connectivity index (χ0) is 27.0. The van der Waals surface area contributed by atoms with Gasteiger partial charge >= 0.3 is 13.8 Å². The van der Waals surface area contributed by atoms with Gasteiger partial charge in [0.15, 0.2) is 0 Å². The van der Waals surface area contributed by atoms with Crippen LogP contribution in [0.2, 0.25) is 0 Å².